The fourth-order valence-electron chi connectivity index (χ4n) is 3.06. The second kappa shape index (κ2) is 13.3. The Hall–Kier alpha value is -3.06. The third-order valence-corrected chi connectivity index (χ3v) is 5.54. The number of methoxy groups -OCH3 is 1. The number of alkyl halides is 14. The summed E-state index contributed by atoms with van der Waals surface area (Å²) in [6.45, 7) is -1.44. The second-order valence-electron chi connectivity index (χ2n) is 9.07. The molecule has 0 spiro atoms. The summed E-state index contributed by atoms with van der Waals surface area (Å²) in [6.07, 6.45) is -16.3. The molecule has 1 rings (SSSR count). The number of ether oxygens (including phenoxy) is 3. The highest BCUT2D eigenvalue weighted by atomic mass is 19.4. The largest absolute Gasteiger partial charge is 0.490 e. The number of amides is 1. The van der Waals surface area contributed by atoms with Gasteiger partial charge < -0.3 is 19.1 Å². The fourth-order valence-corrected chi connectivity index (χ4v) is 3.06. The van der Waals surface area contributed by atoms with Crippen LogP contribution in [-0.2, 0) is 25.5 Å². The van der Waals surface area contributed by atoms with E-state index < -0.39 is 78.1 Å². The van der Waals surface area contributed by atoms with Crippen LogP contribution in [0.4, 0.5) is 61.5 Å². The molecule has 248 valence electrons. The van der Waals surface area contributed by atoms with Crippen molar-refractivity contribution in [1.82, 2.24) is 4.90 Å². The number of esters is 1. The molecule has 0 fully saturated rings. The van der Waals surface area contributed by atoms with E-state index in [1.54, 1.807) is 0 Å². The van der Waals surface area contributed by atoms with Crippen molar-refractivity contribution >= 4 is 11.9 Å². The van der Waals surface area contributed by atoms with E-state index in [9.17, 15) is 71.1 Å². The van der Waals surface area contributed by atoms with Crippen molar-refractivity contribution < 1.29 is 85.3 Å². The SMILES string of the molecule is COCCc1ccc(OCC(CN(C(=O)C(F)(F)C(F)(F)C(F)(F)F)C(C)C)OC(=O)C(F)(F)C(F)(F)C(F)(F)F)cc1. The third kappa shape index (κ3) is 8.31. The molecule has 0 heterocycles. The van der Waals surface area contributed by atoms with Crippen molar-refractivity contribution in [2.45, 2.75) is 68.5 Å². The zero-order chi connectivity index (χ0) is 33.8. The topological polar surface area (TPSA) is 65.1 Å². The molecule has 1 aromatic carbocycles. The standard InChI is InChI=1S/C23H23F14NO5/c1-12(2)38(16(39)18(24,25)20(28,29)22(32,33)34)10-15(11-42-14-6-4-13(5-7-14)8-9-41-3)43-17(40)19(26,27)21(30,31)23(35,36)37/h4-7,12,15H,8-11H2,1-3H3. The summed E-state index contributed by atoms with van der Waals surface area (Å²) in [4.78, 5) is 23.5. The summed E-state index contributed by atoms with van der Waals surface area (Å²) in [5.74, 6) is -34.4. The minimum absolute atomic E-state index is 0.244. The number of benzene rings is 1. The van der Waals surface area contributed by atoms with Crippen LogP contribution in [0.25, 0.3) is 0 Å². The van der Waals surface area contributed by atoms with Gasteiger partial charge in [-0.05, 0) is 38.0 Å². The minimum Gasteiger partial charge on any atom is -0.490 e. The molecule has 1 amide bonds. The average Bonchev–Trinajstić information content (AvgIpc) is 2.87. The quantitative estimate of drug-likeness (QED) is 0.179. The van der Waals surface area contributed by atoms with Gasteiger partial charge in [0.15, 0.2) is 6.10 Å². The highest BCUT2D eigenvalue weighted by Crippen LogP contribution is 2.48. The Balaban J connectivity index is 3.43. The van der Waals surface area contributed by atoms with Gasteiger partial charge in [-0.15, -0.1) is 0 Å². The molecule has 0 aliphatic rings. The maximum atomic E-state index is 14.1. The Bertz CT molecular complexity index is 1090. The van der Waals surface area contributed by atoms with Crippen LogP contribution in [0.2, 0.25) is 0 Å². The van der Waals surface area contributed by atoms with E-state index in [1.165, 1.54) is 31.4 Å². The Morgan fingerprint density at radius 3 is 1.65 bits per heavy atom. The summed E-state index contributed by atoms with van der Waals surface area (Å²) in [5, 5.41) is 0. The van der Waals surface area contributed by atoms with Crippen LogP contribution < -0.4 is 4.74 Å². The van der Waals surface area contributed by atoms with Gasteiger partial charge in [-0.2, -0.15) is 61.5 Å². The molecule has 43 heavy (non-hydrogen) atoms. The van der Waals surface area contributed by atoms with Gasteiger partial charge in [-0.1, -0.05) is 12.1 Å². The maximum absolute atomic E-state index is 14.1. The summed E-state index contributed by atoms with van der Waals surface area (Å²) in [7, 11) is 1.39. The highest BCUT2D eigenvalue weighted by Gasteiger charge is 2.78. The van der Waals surface area contributed by atoms with Gasteiger partial charge in [0.2, 0.25) is 0 Å². The minimum atomic E-state index is -7.05. The first-order valence-corrected chi connectivity index (χ1v) is 11.6. The number of rotatable bonds is 14. The molecule has 0 radical (unpaired) electrons. The fraction of sp³-hybridized carbons (Fsp3) is 0.652. The second-order valence-corrected chi connectivity index (χ2v) is 9.07. The van der Waals surface area contributed by atoms with E-state index in [0.717, 1.165) is 13.8 Å². The summed E-state index contributed by atoms with van der Waals surface area (Å²) >= 11 is 0. The lowest BCUT2D eigenvalue weighted by atomic mass is 10.1. The van der Waals surface area contributed by atoms with Gasteiger partial charge in [0.1, 0.15) is 12.4 Å². The first-order chi connectivity index (χ1) is 19.3. The van der Waals surface area contributed by atoms with E-state index in [1.807, 2.05) is 0 Å². The number of hydrogen-bond donors (Lipinski definition) is 0. The van der Waals surface area contributed by atoms with Crippen LogP contribution in [0.15, 0.2) is 24.3 Å². The Morgan fingerprint density at radius 2 is 1.23 bits per heavy atom. The summed E-state index contributed by atoms with van der Waals surface area (Å²) in [6, 6.07) is 3.31. The van der Waals surface area contributed by atoms with Crippen molar-refractivity contribution in [2.75, 3.05) is 26.9 Å². The first-order valence-electron chi connectivity index (χ1n) is 11.6. The lowest BCUT2D eigenvalue weighted by molar-refractivity contribution is -0.349. The molecule has 20 heteroatoms. The van der Waals surface area contributed by atoms with Crippen LogP contribution in [0.3, 0.4) is 0 Å². The van der Waals surface area contributed by atoms with Crippen LogP contribution in [0.5, 0.6) is 5.75 Å². The van der Waals surface area contributed by atoms with Crippen LogP contribution in [0.1, 0.15) is 19.4 Å². The maximum Gasteiger partial charge on any atom is 0.460 e. The summed E-state index contributed by atoms with van der Waals surface area (Å²) < 4.78 is 199. The van der Waals surface area contributed by atoms with Crippen molar-refractivity contribution in [3.63, 3.8) is 0 Å². The Labute approximate surface area is 233 Å². The number of carbonyl (C=O) groups is 2. The molecular formula is C23H23F14NO5. The van der Waals surface area contributed by atoms with E-state index >= 15 is 0 Å². The molecule has 0 saturated heterocycles. The molecular weight excluding hydrogens is 636 g/mol. The van der Waals surface area contributed by atoms with E-state index in [-0.39, 0.29) is 12.4 Å². The molecule has 6 nitrogen and oxygen atoms in total. The number of carbonyl (C=O) groups excluding carboxylic acids is 2. The number of halogens is 14. The molecule has 0 aliphatic heterocycles. The molecule has 0 N–H and O–H groups in total. The third-order valence-electron chi connectivity index (χ3n) is 5.54. The van der Waals surface area contributed by atoms with Crippen molar-refractivity contribution in [2.24, 2.45) is 0 Å². The predicted octanol–water partition coefficient (Wildman–Crippen LogP) is 6.07. The predicted molar refractivity (Wildman–Crippen MR) is 116 cm³/mol. The van der Waals surface area contributed by atoms with Gasteiger partial charge in [-0.25, -0.2) is 4.79 Å². The average molecular weight is 659 g/mol. The van der Waals surface area contributed by atoms with Gasteiger partial charge in [0, 0.05) is 13.2 Å². The highest BCUT2D eigenvalue weighted by molar-refractivity contribution is 5.85. The number of nitrogens with zero attached hydrogens (tertiary/aromatic N) is 1. The van der Waals surface area contributed by atoms with E-state index in [2.05, 4.69) is 4.74 Å². The van der Waals surface area contributed by atoms with Gasteiger partial charge in [0.05, 0.1) is 13.2 Å². The lowest BCUT2D eigenvalue weighted by Crippen LogP contribution is -2.62. The van der Waals surface area contributed by atoms with E-state index in [4.69, 9.17) is 9.47 Å². The van der Waals surface area contributed by atoms with Crippen molar-refractivity contribution in [1.29, 1.82) is 0 Å². The molecule has 0 saturated carbocycles. The van der Waals surface area contributed by atoms with Gasteiger partial charge in [-0.3, -0.25) is 4.79 Å². The zero-order valence-corrected chi connectivity index (χ0v) is 22.1. The Morgan fingerprint density at radius 1 is 0.767 bits per heavy atom. The molecule has 1 unspecified atom stereocenters. The van der Waals surface area contributed by atoms with Crippen LogP contribution >= 0.6 is 0 Å². The lowest BCUT2D eigenvalue weighted by Gasteiger charge is -2.36. The molecule has 1 atom stereocenters. The van der Waals surface area contributed by atoms with Gasteiger partial charge in [0.25, 0.3) is 5.91 Å². The normalized spacial score (nSPS) is 14.5. The molecule has 1 aromatic rings. The van der Waals surface area contributed by atoms with E-state index in [0.29, 0.717) is 12.0 Å². The summed E-state index contributed by atoms with van der Waals surface area (Å²) in [5.41, 5.74) is 0.621. The van der Waals surface area contributed by atoms with Crippen molar-refractivity contribution in [3.05, 3.63) is 29.8 Å². The molecule has 0 aromatic heterocycles. The monoisotopic (exact) mass is 659 g/mol. The Kier molecular flexibility index (Phi) is 11.7. The molecule has 0 aliphatic carbocycles. The zero-order valence-electron chi connectivity index (χ0n) is 22.1. The van der Waals surface area contributed by atoms with Crippen LogP contribution in [0, 0.1) is 0 Å². The smallest absolute Gasteiger partial charge is 0.460 e. The molecule has 0 bridgehead atoms. The van der Waals surface area contributed by atoms with Gasteiger partial charge >= 0.3 is 42.0 Å². The number of hydrogen-bond acceptors (Lipinski definition) is 5. The van der Waals surface area contributed by atoms with Crippen molar-refractivity contribution in [3.8, 4) is 5.75 Å². The van der Waals surface area contributed by atoms with Crippen LogP contribution in [-0.4, -0.2) is 91.8 Å². The first kappa shape index (κ1) is 38.0.